The number of benzene rings is 3. The first kappa shape index (κ1) is 17.5. The van der Waals surface area contributed by atoms with E-state index in [1.54, 1.807) is 11.3 Å². The average molecular weight is 373 g/mol. The summed E-state index contributed by atoms with van der Waals surface area (Å²) in [6, 6.07) is 23.3. The Morgan fingerprint density at radius 3 is 2.48 bits per heavy atom. The maximum absolute atomic E-state index is 12.4. The molecule has 1 heterocycles. The highest BCUT2D eigenvalue weighted by atomic mass is 32.1. The highest BCUT2D eigenvalue weighted by Gasteiger charge is 2.13. The minimum Gasteiger partial charge on any atom is -0.387 e. The topological polar surface area (TPSA) is 49.3 Å². The summed E-state index contributed by atoms with van der Waals surface area (Å²) in [6.45, 7) is 0.166. The highest BCUT2D eigenvalue weighted by molar-refractivity contribution is 7.08. The second kappa shape index (κ2) is 7.74. The van der Waals surface area contributed by atoms with E-state index in [4.69, 9.17) is 0 Å². The van der Waals surface area contributed by atoms with Crippen LogP contribution in [0.3, 0.4) is 0 Å². The lowest BCUT2D eigenvalue weighted by atomic mass is 10.0. The number of thiophene rings is 1. The number of hydrogen-bond donors (Lipinski definition) is 2. The Morgan fingerprint density at radius 1 is 0.926 bits per heavy atom. The molecule has 27 heavy (non-hydrogen) atoms. The lowest BCUT2D eigenvalue weighted by Gasteiger charge is -2.15. The van der Waals surface area contributed by atoms with Gasteiger partial charge in [-0.25, -0.2) is 0 Å². The molecule has 0 radical (unpaired) electrons. The minimum absolute atomic E-state index is 0.166. The van der Waals surface area contributed by atoms with Crippen LogP contribution in [0.2, 0.25) is 0 Å². The molecule has 134 valence electrons. The Balaban J connectivity index is 1.44. The predicted molar refractivity (Wildman–Crippen MR) is 111 cm³/mol. The van der Waals surface area contributed by atoms with Gasteiger partial charge in [-0.05, 0) is 56.4 Å². The Kier molecular flexibility index (Phi) is 5.01. The summed E-state index contributed by atoms with van der Waals surface area (Å²) in [5.74, 6) is -0.189. The van der Waals surface area contributed by atoms with Crippen molar-refractivity contribution in [2.75, 3.05) is 6.54 Å². The average Bonchev–Trinajstić information content (AvgIpc) is 3.26. The number of hydrogen-bond acceptors (Lipinski definition) is 3. The molecule has 3 aromatic carbocycles. The first-order chi connectivity index (χ1) is 13.2. The molecule has 0 unspecified atom stereocenters. The normalized spacial score (nSPS) is 12.0. The van der Waals surface area contributed by atoms with Gasteiger partial charge in [-0.3, -0.25) is 4.79 Å². The monoisotopic (exact) mass is 373 g/mol. The van der Waals surface area contributed by atoms with Crippen LogP contribution in [0.15, 0.2) is 83.6 Å². The van der Waals surface area contributed by atoms with Gasteiger partial charge in [0.05, 0.1) is 6.10 Å². The molecule has 1 amide bonds. The lowest BCUT2D eigenvalue weighted by molar-refractivity contribution is 0.0917. The van der Waals surface area contributed by atoms with Gasteiger partial charge in [0.1, 0.15) is 0 Å². The molecule has 0 spiro atoms. The molecular formula is C23H19NO2S. The van der Waals surface area contributed by atoms with Gasteiger partial charge in [-0.15, -0.1) is 0 Å². The van der Waals surface area contributed by atoms with Crippen LogP contribution in [0.5, 0.6) is 0 Å². The summed E-state index contributed by atoms with van der Waals surface area (Å²) in [7, 11) is 0. The molecular weight excluding hydrogens is 354 g/mol. The second-order valence-electron chi connectivity index (χ2n) is 6.38. The van der Waals surface area contributed by atoms with E-state index >= 15 is 0 Å². The summed E-state index contributed by atoms with van der Waals surface area (Å²) < 4.78 is 0. The summed E-state index contributed by atoms with van der Waals surface area (Å²) in [6.07, 6.45) is -0.759. The van der Waals surface area contributed by atoms with Crippen molar-refractivity contribution in [3.05, 3.63) is 94.7 Å². The van der Waals surface area contributed by atoms with Crippen molar-refractivity contribution in [2.45, 2.75) is 6.10 Å². The van der Waals surface area contributed by atoms with Gasteiger partial charge in [-0.1, -0.05) is 54.6 Å². The van der Waals surface area contributed by atoms with Crippen LogP contribution in [0.25, 0.3) is 21.9 Å². The number of carbonyl (C=O) groups is 1. The smallest absolute Gasteiger partial charge is 0.251 e. The Bertz CT molecular complexity index is 1050. The molecule has 0 aliphatic rings. The lowest BCUT2D eigenvalue weighted by Crippen LogP contribution is -2.28. The fraction of sp³-hybridized carbons (Fsp3) is 0.0870. The number of nitrogens with one attached hydrogen (secondary N) is 1. The zero-order chi connectivity index (χ0) is 18.6. The van der Waals surface area contributed by atoms with Crippen molar-refractivity contribution in [3.63, 3.8) is 0 Å². The van der Waals surface area contributed by atoms with Crippen molar-refractivity contribution < 1.29 is 9.90 Å². The first-order valence-corrected chi connectivity index (χ1v) is 9.73. The number of aliphatic hydroxyl groups is 1. The van der Waals surface area contributed by atoms with Gasteiger partial charge in [0, 0.05) is 12.1 Å². The second-order valence-corrected chi connectivity index (χ2v) is 7.16. The van der Waals surface area contributed by atoms with Crippen LogP contribution in [-0.4, -0.2) is 17.6 Å². The van der Waals surface area contributed by atoms with E-state index in [0.29, 0.717) is 5.56 Å². The molecule has 2 N–H and O–H groups in total. The zero-order valence-corrected chi connectivity index (χ0v) is 15.4. The van der Waals surface area contributed by atoms with Crippen LogP contribution in [0.1, 0.15) is 22.0 Å². The largest absolute Gasteiger partial charge is 0.387 e. The van der Waals surface area contributed by atoms with Crippen molar-refractivity contribution in [1.82, 2.24) is 5.32 Å². The van der Waals surface area contributed by atoms with E-state index in [9.17, 15) is 9.90 Å². The third-order valence-electron chi connectivity index (χ3n) is 4.64. The molecule has 4 rings (SSSR count). The molecule has 4 aromatic rings. The maximum Gasteiger partial charge on any atom is 0.251 e. The molecule has 0 aliphatic heterocycles. The molecule has 0 saturated carbocycles. The molecule has 0 fully saturated rings. The number of carbonyl (C=O) groups excluding carboxylic acids is 1. The fourth-order valence-electron chi connectivity index (χ4n) is 3.19. The van der Waals surface area contributed by atoms with Gasteiger partial charge in [0.15, 0.2) is 0 Å². The van der Waals surface area contributed by atoms with Crippen molar-refractivity contribution >= 4 is 28.0 Å². The quantitative estimate of drug-likeness (QED) is 0.515. The van der Waals surface area contributed by atoms with E-state index in [0.717, 1.165) is 27.5 Å². The van der Waals surface area contributed by atoms with Gasteiger partial charge in [0.25, 0.3) is 5.91 Å². The van der Waals surface area contributed by atoms with E-state index < -0.39 is 6.10 Å². The van der Waals surface area contributed by atoms with E-state index in [1.807, 2.05) is 72.1 Å². The molecule has 3 nitrogen and oxygen atoms in total. The van der Waals surface area contributed by atoms with Gasteiger partial charge in [0.2, 0.25) is 0 Å². The molecule has 1 aromatic heterocycles. The summed E-state index contributed by atoms with van der Waals surface area (Å²) in [4.78, 5) is 12.4. The molecule has 1 atom stereocenters. The van der Waals surface area contributed by atoms with Crippen molar-refractivity contribution in [1.29, 1.82) is 0 Å². The number of fused-ring (bicyclic) bond motifs is 1. The fourth-order valence-corrected chi connectivity index (χ4v) is 3.85. The number of amides is 1. The minimum atomic E-state index is -0.759. The van der Waals surface area contributed by atoms with E-state index in [2.05, 4.69) is 16.8 Å². The SMILES string of the molecule is O=C(NC[C@H](O)c1cccc2ccccc12)c1ccc(-c2ccsc2)cc1. The molecule has 0 aliphatic carbocycles. The van der Waals surface area contributed by atoms with Gasteiger partial charge < -0.3 is 10.4 Å². The third-order valence-corrected chi connectivity index (χ3v) is 5.32. The highest BCUT2D eigenvalue weighted by Crippen LogP contribution is 2.24. The number of aliphatic hydroxyl groups excluding tert-OH is 1. The zero-order valence-electron chi connectivity index (χ0n) is 14.6. The van der Waals surface area contributed by atoms with E-state index in [1.165, 1.54) is 0 Å². The standard InChI is InChI=1S/C23H19NO2S/c25-22(21-7-3-5-17-4-1-2-6-20(17)21)14-24-23(26)18-10-8-16(9-11-18)19-12-13-27-15-19/h1-13,15,22,25H,14H2,(H,24,26)/t22-/m0/s1. The maximum atomic E-state index is 12.4. The van der Waals surface area contributed by atoms with Crippen LogP contribution in [-0.2, 0) is 0 Å². The number of rotatable bonds is 5. The molecule has 4 heteroatoms. The Morgan fingerprint density at radius 2 is 1.70 bits per heavy atom. The first-order valence-electron chi connectivity index (χ1n) is 8.79. The van der Waals surface area contributed by atoms with E-state index in [-0.39, 0.29) is 12.5 Å². The van der Waals surface area contributed by atoms with Gasteiger partial charge >= 0.3 is 0 Å². The summed E-state index contributed by atoms with van der Waals surface area (Å²) >= 11 is 1.65. The molecule has 0 saturated heterocycles. The van der Waals surface area contributed by atoms with Crippen LogP contribution < -0.4 is 5.32 Å². The van der Waals surface area contributed by atoms with Crippen molar-refractivity contribution in [2.24, 2.45) is 0 Å². The Labute approximate surface area is 161 Å². The predicted octanol–water partition coefficient (Wildman–Crippen LogP) is 5.03. The van der Waals surface area contributed by atoms with Crippen LogP contribution in [0.4, 0.5) is 0 Å². The van der Waals surface area contributed by atoms with Crippen molar-refractivity contribution in [3.8, 4) is 11.1 Å². The van der Waals surface area contributed by atoms with Gasteiger partial charge in [-0.2, -0.15) is 11.3 Å². The van der Waals surface area contributed by atoms with Crippen LogP contribution >= 0.6 is 11.3 Å². The molecule has 0 bridgehead atoms. The Hall–Kier alpha value is -2.95. The summed E-state index contributed by atoms with van der Waals surface area (Å²) in [5, 5.41) is 19.6. The van der Waals surface area contributed by atoms with Crippen LogP contribution in [0, 0.1) is 0 Å². The summed E-state index contributed by atoms with van der Waals surface area (Å²) in [5.41, 5.74) is 3.64. The third kappa shape index (κ3) is 3.77.